The van der Waals surface area contributed by atoms with Crippen LogP contribution in [0.25, 0.3) is 5.65 Å². The van der Waals surface area contributed by atoms with Crippen LogP contribution in [0.3, 0.4) is 0 Å². The molecule has 120 valence electrons. The summed E-state index contributed by atoms with van der Waals surface area (Å²) in [6.07, 6.45) is 3.59. The van der Waals surface area contributed by atoms with Crippen LogP contribution in [0.5, 0.6) is 5.75 Å². The molecule has 24 heavy (non-hydrogen) atoms. The zero-order chi connectivity index (χ0) is 16.5. The molecular formula is C18H15N3O3. The summed E-state index contributed by atoms with van der Waals surface area (Å²) in [6, 6.07) is 12.8. The number of nitrogens with one attached hydrogen (secondary N) is 1. The van der Waals surface area contributed by atoms with E-state index in [-0.39, 0.29) is 17.2 Å². The molecule has 0 aliphatic carbocycles. The van der Waals surface area contributed by atoms with E-state index >= 15 is 0 Å². The van der Waals surface area contributed by atoms with Crippen LogP contribution in [-0.2, 0) is 6.42 Å². The molecule has 3 heterocycles. The lowest BCUT2D eigenvalue weighted by atomic mass is 10.0. The monoisotopic (exact) mass is 321 g/mol. The maximum atomic E-state index is 12.5. The normalized spacial score (nSPS) is 16.2. The van der Waals surface area contributed by atoms with Crippen molar-refractivity contribution >= 4 is 11.6 Å². The van der Waals surface area contributed by atoms with Gasteiger partial charge in [-0.25, -0.2) is 4.98 Å². The topological polar surface area (TPSA) is 72.7 Å². The van der Waals surface area contributed by atoms with Gasteiger partial charge in [0.2, 0.25) is 0 Å². The number of hydrogen-bond donors (Lipinski definition) is 1. The van der Waals surface area contributed by atoms with Crippen molar-refractivity contribution in [3.05, 3.63) is 76.3 Å². The molecule has 0 fully saturated rings. The molecule has 1 aliphatic rings. The van der Waals surface area contributed by atoms with Crippen LogP contribution in [0.2, 0.25) is 0 Å². The number of aromatic nitrogens is 2. The van der Waals surface area contributed by atoms with Gasteiger partial charge in [-0.15, -0.1) is 0 Å². The molecule has 6 heteroatoms. The maximum absolute atomic E-state index is 12.5. The van der Waals surface area contributed by atoms with E-state index in [4.69, 9.17) is 4.74 Å². The number of benzene rings is 1. The first-order valence-corrected chi connectivity index (χ1v) is 7.70. The number of hydrogen-bond acceptors (Lipinski definition) is 4. The first-order valence-electron chi connectivity index (χ1n) is 7.70. The molecule has 0 saturated heterocycles. The van der Waals surface area contributed by atoms with Crippen molar-refractivity contribution in [1.29, 1.82) is 0 Å². The number of para-hydroxylation sites is 1. The summed E-state index contributed by atoms with van der Waals surface area (Å²) in [4.78, 5) is 29.1. The van der Waals surface area contributed by atoms with Crippen molar-refractivity contribution in [2.24, 2.45) is 0 Å². The minimum absolute atomic E-state index is 0.0255. The fraction of sp³-hybridized carbons (Fsp3) is 0.167. The second-order valence-electron chi connectivity index (χ2n) is 5.70. The van der Waals surface area contributed by atoms with E-state index in [2.05, 4.69) is 10.3 Å². The summed E-state index contributed by atoms with van der Waals surface area (Å²) in [5, 5.41) is 2.86. The number of carbonyl (C=O) groups excluding carboxylic acids is 1. The average molecular weight is 321 g/mol. The Bertz CT molecular complexity index is 980. The second-order valence-corrected chi connectivity index (χ2v) is 5.70. The molecule has 2 aromatic heterocycles. The molecule has 1 aromatic carbocycles. The third-order valence-corrected chi connectivity index (χ3v) is 4.07. The zero-order valence-corrected chi connectivity index (χ0v) is 12.8. The molecule has 1 atom stereocenters. The van der Waals surface area contributed by atoms with E-state index in [9.17, 15) is 9.59 Å². The Balaban J connectivity index is 1.57. The van der Waals surface area contributed by atoms with Gasteiger partial charge in [0.25, 0.3) is 11.5 Å². The Labute approximate surface area is 137 Å². The Kier molecular flexibility index (Phi) is 3.49. The third kappa shape index (κ3) is 2.52. The standard InChI is InChI=1S/C18H15N3O3/c22-17(14-10-19-16-7-3-4-8-21(16)18(14)23)20-13-9-12-5-1-2-6-15(12)24-11-13/h1-8,10,13H,9,11H2,(H,20,22)/t13-/m0/s1. The SMILES string of the molecule is O=C(N[C@@H]1COc2ccccc2C1)c1cnc2ccccn2c1=O. The molecule has 4 rings (SSSR count). The molecule has 3 aromatic rings. The van der Waals surface area contributed by atoms with Crippen LogP contribution in [0, 0.1) is 0 Å². The van der Waals surface area contributed by atoms with E-state index in [1.165, 1.54) is 10.6 Å². The molecule has 0 spiro atoms. The predicted molar refractivity (Wildman–Crippen MR) is 88.4 cm³/mol. The fourth-order valence-electron chi connectivity index (χ4n) is 2.87. The van der Waals surface area contributed by atoms with Crippen molar-refractivity contribution in [1.82, 2.24) is 14.7 Å². The van der Waals surface area contributed by atoms with Crippen molar-refractivity contribution in [3.63, 3.8) is 0 Å². The van der Waals surface area contributed by atoms with Crippen molar-refractivity contribution in [2.45, 2.75) is 12.5 Å². The number of ether oxygens (including phenoxy) is 1. The van der Waals surface area contributed by atoms with Crippen molar-refractivity contribution in [3.8, 4) is 5.75 Å². The summed E-state index contributed by atoms with van der Waals surface area (Å²) in [7, 11) is 0. The first kappa shape index (κ1) is 14.4. The van der Waals surface area contributed by atoms with E-state index in [0.29, 0.717) is 18.7 Å². The lowest BCUT2D eigenvalue weighted by molar-refractivity contribution is 0.0913. The highest BCUT2D eigenvalue weighted by molar-refractivity contribution is 5.94. The number of carbonyl (C=O) groups is 1. The molecule has 6 nitrogen and oxygen atoms in total. The van der Waals surface area contributed by atoms with Gasteiger partial charge < -0.3 is 10.1 Å². The van der Waals surface area contributed by atoms with Crippen LogP contribution < -0.4 is 15.6 Å². The van der Waals surface area contributed by atoms with Crippen molar-refractivity contribution in [2.75, 3.05) is 6.61 Å². The molecule has 0 radical (unpaired) electrons. The van der Waals surface area contributed by atoms with E-state index in [1.807, 2.05) is 24.3 Å². The molecule has 0 saturated carbocycles. The van der Waals surface area contributed by atoms with Gasteiger partial charge >= 0.3 is 0 Å². The van der Waals surface area contributed by atoms with Crippen LogP contribution in [0.15, 0.2) is 59.7 Å². The lowest BCUT2D eigenvalue weighted by Crippen LogP contribution is -2.44. The van der Waals surface area contributed by atoms with E-state index in [0.717, 1.165) is 11.3 Å². The number of amides is 1. The molecule has 1 N–H and O–H groups in total. The highest BCUT2D eigenvalue weighted by atomic mass is 16.5. The van der Waals surface area contributed by atoms with Gasteiger partial charge in [0.1, 0.15) is 23.6 Å². The predicted octanol–water partition coefficient (Wildman–Crippen LogP) is 1.43. The second kappa shape index (κ2) is 5.81. The van der Waals surface area contributed by atoms with Crippen molar-refractivity contribution < 1.29 is 9.53 Å². The Hall–Kier alpha value is -3.15. The maximum Gasteiger partial charge on any atom is 0.270 e. The highest BCUT2D eigenvalue weighted by Gasteiger charge is 2.23. The largest absolute Gasteiger partial charge is 0.491 e. The van der Waals surface area contributed by atoms with Gasteiger partial charge in [-0.3, -0.25) is 14.0 Å². The molecule has 1 amide bonds. The molecule has 0 unspecified atom stereocenters. The highest BCUT2D eigenvalue weighted by Crippen LogP contribution is 2.23. The smallest absolute Gasteiger partial charge is 0.270 e. The minimum Gasteiger partial charge on any atom is -0.491 e. The first-order chi connectivity index (χ1) is 11.7. The minimum atomic E-state index is -0.432. The van der Waals surface area contributed by atoms with E-state index < -0.39 is 5.91 Å². The quantitative estimate of drug-likeness (QED) is 0.775. The lowest BCUT2D eigenvalue weighted by Gasteiger charge is -2.25. The number of fused-ring (bicyclic) bond motifs is 2. The Morgan fingerprint density at radius 3 is 2.96 bits per heavy atom. The summed E-state index contributed by atoms with van der Waals surface area (Å²) in [5.74, 6) is 0.411. The van der Waals surface area contributed by atoms with Crippen LogP contribution in [-0.4, -0.2) is 27.9 Å². The summed E-state index contributed by atoms with van der Waals surface area (Å²) >= 11 is 0. The van der Waals surface area contributed by atoms with Gasteiger partial charge in [-0.1, -0.05) is 24.3 Å². The molecule has 0 bridgehead atoms. The van der Waals surface area contributed by atoms with Gasteiger partial charge in [-0.2, -0.15) is 0 Å². The molecular weight excluding hydrogens is 306 g/mol. The fourth-order valence-corrected chi connectivity index (χ4v) is 2.87. The van der Waals surface area contributed by atoms with E-state index in [1.54, 1.807) is 24.4 Å². The van der Waals surface area contributed by atoms with Crippen LogP contribution in [0.4, 0.5) is 0 Å². The number of nitrogens with zero attached hydrogens (tertiary/aromatic N) is 2. The Morgan fingerprint density at radius 2 is 2.04 bits per heavy atom. The average Bonchev–Trinajstić information content (AvgIpc) is 2.62. The third-order valence-electron chi connectivity index (χ3n) is 4.07. The molecule has 1 aliphatic heterocycles. The van der Waals surface area contributed by atoms with Gasteiger partial charge in [-0.05, 0) is 30.2 Å². The summed E-state index contributed by atoms with van der Waals surface area (Å²) < 4.78 is 7.02. The van der Waals surface area contributed by atoms with Crippen LogP contribution in [0.1, 0.15) is 15.9 Å². The Morgan fingerprint density at radius 1 is 1.21 bits per heavy atom. The van der Waals surface area contributed by atoms with Crippen LogP contribution >= 0.6 is 0 Å². The van der Waals surface area contributed by atoms with Gasteiger partial charge in [0.05, 0.1) is 6.04 Å². The van der Waals surface area contributed by atoms with Gasteiger partial charge in [0.15, 0.2) is 0 Å². The summed E-state index contributed by atoms with van der Waals surface area (Å²) in [5.41, 5.74) is 1.20. The number of rotatable bonds is 2. The number of pyridine rings is 1. The van der Waals surface area contributed by atoms with Gasteiger partial charge in [0, 0.05) is 12.4 Å². The summed E-state index contributed by atoms with van der Waals surface area (Å²) in [6.45, 7) is 0.380. The zero-order valence-electron chi connectivity index (χ0n) is 12.8.